The van der Waals surface area contributed by atoms with Gasteiger partial charge in [0.25, 0.3) is 5.91 Å². The summed E-state index contributed by atoms with van der Waals surface area (Å²) in [5.41, 5.74) is 3.61. The Labute approximate surface area is 197 Å². The van der Waals surface area contributed by atoms with Gasteiger partial charge in [0.05, 0.1) is 6.54 Å². The highest BCUT2D eigenvalue weighted by molar-refractivity contribution is 5.89. The fraction of sp³-hybridized carbons (Fsp3) is 0.333. The lowest BCUT2D eigenvalue weighted by Gasteiger charge is -2.20. The summed E-state index contributed by atoms with van der Waals surface area (Å²) in [4.78, 5) is 53.2. The van der Waals surface area contributed by atoms with E-state index in [0.717, 1.165) is 11.1 Å². The third-order valence-corrected chi connectivity index (χ3v) is 4.69. The average Bonchev–Trinajstić information content (AvgIpc) is 2.82. The van der Waals surface area contributed by atoms with E-state index < -0.39 is 42.6 Å². The quantitative estimate of drug-likeness (QED) is 0.346. The number of amides is 3. The van der Waals surface area contributed by atoms with Crippen molar-refractivity contribution in [3.05, 3.63) is 71.8 Å². The van der Waals surface area contributed by atoms with Crippen LogP contribution in [0, 0.1) is 5.92 Å². The average molecular weight is 472 g/mol. The lowest BCUT2D eigenvalue weighted by molar-refractivity contribution is -0.143. The number of hydrogen-bond acceptors (Lipinski definition) is 6. The van der Waals surface area contributed by atoms with Crippen LogP contribution in [0.15, 0.2) is 60.7 Å². The molecule has 182 valence electrons. The normalized spacial score (nSPS) is 12.3. The fourth-order valence-corrected chi connectivity index (χ4v) is 2.92. The number of hydrogen-bond donors (Lipinski definition) is 4. The second-order valence-electron chi connectivity index (χ2n) is 7.81. The van der Waals surface area contributed by atoms with Crippen LogP contribution in [-0.2, 0) is 37.0 Å². The van der Waals surface area contributed by atoms with Gasteiger partial charge in [-0.1, -0.05) is 74.5 Å². The molecule has 2 aromatic rings. The van der Waals surface area contributed by atoms with Crippen LogP contribution in [-0.4, -0.2) is 47.7 Å². The van der Waals surface area contributed by atoms with Gasteiger partial charge in [-0.15, -0.1) is 0 Å². The van der Waals surface area contributed by atoms with Crippen molar-refractivity contribution >= 4 is 23.9 Å². The summed E-state index contributed by atoms with van der Waals surface area (Å²) in [5, 5.41) is 14.2. The molecule has 10 nitrogen and oxygen atoms in total. The van der Waals surface area contributed by atoms with Crippen molar-refractivity contribution in [2.45, 2.75) is 39.0 Å². The van der Waals surface area contributed by atoms with E-state index in [1.54, 1.807) is 56.3 Å². The molecular formula is C24H29N3O7. The number of carbonyl (C=O) groups is 4. The minimum atomic E-state index is -1.19. The minimum absolute atomic E-state index is 0.0302. The van der Waals surface area contributed by atoms with Gasteiger partial charge in [-0.2, -0.15) is 5.48 Å². The van der Waals surface area contributed by atoms with Crippen molar-refractivity contribution in [3.8, 4) is 0 Å². The van der Waals surface area contributed by atoms with Crippen LogP contribution in [0.5, 0.6) is 0 Å². The van der Waals surface area contributed by atoms with Crippen LogP contribution in [0.1, 0.15) is 25.0 Å². The van der Waals surface area contributed by atoms with Crippen LogP contribution in [0.4, 0.5) is 4.79 Å². The van der Waals surface area contributed by atoms with Gasteiger partial charge in [0.1, 0.15) is 12.6 Å². The van der Waals surface area contributed by atoms with E-state index in [1.807, 2.05) is 18.2 Å². The van der Waals surface area contributed by atoms with E-state index in [0.29, 0.717) is 0 Å². The first-order chi connectivity index (χ1) is 16.3. The molecule has 0 spiro atoms. The highest BCUT2D eigenvalue weighted by Gasteiger charge is 2.26. The third kappa shape index (κ3) is 9.29. The maximum Gasteiger partial charge on any atom is 0.431 e. The van der Waals surface area contributed by atoms with Crippen LogP contribution in [0.2, 0.25) is 0 Å². The number of rotatable bonds is 12. The Kier molecular flexibility index (Phi) is 10.5. The first-order valence-corrected chi connectivity index (χ1v) is 10.7. The zero-order valence-electron chi connectivity index (χ0n) is 19.0. The molecule has 0 bridgehead atoms. The molecule has 0 fully saturated rings. The molecular weight excluding hydrogens is 442 g/mol. The number of carbonyl (C=O) groups excluding carboxylic acids is 3. The highest BCUT2D eigenvalue weighted by atomic mass is 16.7. The minimum Gasteiger partial charge on any atom is -0.480 e. The topological polar surface area (TPSA) is 143 Å². The number of benzene rings is 2. The Hall–Kier alpha value is -3.92. The fourth-order valence-electron chi connectivity index (χ4n) is 2.92. The Balaban J connectivity index is 1.79. The molecule has 0 saturated carbocycles. The zero-order valence-corrected chi connectivity index (χ0v) is 19.0. The van der Waals surface area contributed by atoms with Gasteiger partial charge in [-0.25, -0.2) is 9.59 Å². The van der Waals surface area contributed by atoms with Crippen molar-refractivity contribution in [2.24, 2.45) is 5.92 Å². The van der Waals surface area contributed by atoms with Crippen molar-refractivity contribution in [1.82, 2.24) is 16.1 Å². The maximum absolute atomic E-state index is 12.5. The first-order valence-electron chi connectivity index (χ1n) is 10.7. The van der Waals surface area contributed by atoms with Crippen molar-refractivity contribution in [2.75, 3.05) is 6.54 Å². The molecule has 0 saturated heterocycles. The van der Waals surface area contributed by atoms with Crippen molar-refractivity contribution in [1.29, 1.82) is 0 Å². The maximum atomic E-state index is 12.5. The standard InChI is InChI=1S/C24H29N3O7/c1-16(2)21(34-27-24(32)33-15-18-11-7-4-8-12-18)22(29)25-14-20(28)26-19(23(30)31)13-17-9-5-3-6-10-17/h3-12,16,19,21H,13-15H2,1-2H3,(H,25,29)(H,26,28)(H,27,32)(H,30,31)/t19-,21-/m0/s1. The van der Waals surface area contributed by atoms with Crippen LogP contribution >= 0.6 is 0 Å². The predicted octanol–water partition coefficient (Wildman–Crippen LogP) is 1.80. The summed E-state index contributed by atoms with van der Waals surface area (Å²) in [5.74, 6) is -2.86. The molecule has 0 aromatic heterocycles. The lowest BCUT2D eigenvalue weighted by atomic mass is 10.1. The molecule has 4 N–H and O–H groups in total. The molecule has 0 heterocycles. The second-order valence-corrected chi connectivity index (χ2v) is 7.81. The molecule has 0 aliphatic rings. The van der Waals surface area contributed by atoms with Gasteiger partial charge in [-0.3, -0.25) is 14.4 Å². The molecule has 2 rings (SSSR count). The number of ether oxygens (including phenoxy) is 1. The van der Waals surface area contributed by atoms with Crippen LogP contribution < -0.4 is 16.1 Å². The van der Waals surface area contributed by atoms with E-state index in [-0.39, 0.29) is 18.9 Å². The number of aliphatic carboxylic acids is 1. The summed E-state index contributed by atoms with van der Waals surface area (Å²) in [6.07, 6.45) is -1.87. The molecule has 0 unspecified atom stereocenters. The van der Waals surface area contributed by atoms with Gasteiger partial charge < -0.3 is 20.5 Å². The Bertz CT molecular complexity index is 952. The van der Waals surface area contributed by atoms with Crippen molar-refractivity contribution < 1.29 is 33.9 Å². The molecule has 0 aliphatic heterocycles. The number of carboxylic acid groups (broad SMARTS) is 1. The first kappa shape index (κ1) is 26.3. The lowest BCUT2D eigenvalue weighted by Crippen LogP contribution is -2.49. The summed E-state index contributed by atoms with van der Waals surface area (Å²) < 4.78 is 5.02. The summed E-state index contributed by atoms with van der Waals surface area (Å²) in [6.45, 7) is 2.97. The van der Waals surface area contributed by atoms with E-state index in [2.05, 4.69) is 16.1 Å². The number of carboxylic acids is 1. The second kappa shape index (κ2) is 13.6. The highest BCUT2D eigenvalue weighted by Crippen LogP contribution is 2.07. The van der Waals surface area contributed by atoms with Gasteiger partial charge in [-0.05, 0) is 17.0 Å². The Morgan fingerprint density at radius 3 is 2.06 bits per heavy atom. The molecule has 0 aliphatic carbocycles. The van der Waals surface area contributed by atoms with E-state index in [9.17, 15) is 24.3 Å². The third-order valence-electron chi connectivity index (χ3n) is 4.69. The monoisotopic (exact) mass is 471 g/mol. The van der Waals surface area contributed by atoms with E-state index in [1.165, 1.54) is 0 Å². The molecule has 2 atom stereocenters. The van der Waals surface area contributed by atoms with Gasteiger partial charge in [0.2, 0.25) is 5.91 Å². The van der Waals surface area contributed by atoms with Gasteiger partial charge in [0, 0.05) is 6.42 Å². The van der Waals surface area contributed by atoms with Gasteiger partial charge in [0.15, 0.2) is 6.10 Å². The molecule has 3 amide bonds. The predicted molar refractivity (Wildman–Crippen MR) is 122 cm³/mol. The number of nitrogens with one attached hydrogen (secondary N) is 3. The molecule has 0 radical (unpaired) electrons. The molecule has 34 heavy (non-hydrogen) atoms. The Morgan fingerprint density at radius 2 is 1.50 bits per heavy atom. The summed E-state index contributed by atoms with van der Waals surface area (Å²) >= 11 is 0. The molecule has 2 aromatic carbocycles. The molecule has 10 heteroatoms. The smallest absolute Gasteiger partial charge is 0.431 e. The Morgan fingerprint density at radius 1 is 0.912 bits per heavy atom. The van der Waals surface area contributed by atoms with Crippen molar-refractivity contribution in [3.63, 3.8) is 0 Å². The van der Waals surface area contributed by atoms with E-state index >= 15 is 0 Å². The van der Waals surface area contributed by atoms with Crippen LogP contribution in [0.25, 0.3) is 0 Å². The summed E-state index contributed by atoms with van der Waals surface area (Å²) in [6, 6.07) is 16.7. The van der Waals surface area contributed by atoms with Gasteiger partial charge >= 0.3 is 12.1 Å². The largest absolute Gasteiger partial charge is 0.480 e. The SMILES string of the molecule is CC(C)[C@H](ONC(=O)OCc1ccccc1)C(=O)NCC(=O)N[C@@H](Cc1ccccc1)C(=O)O. The number of hydroxylamine groups is 1. The zero-order chi connectivity index (χ0) is 24.9. The summed E-state index contributed by atoms with van der Waals surface area (Å²) in [7, 11) is 0. The van der Waals surface area contributed by atoms with Crippen LogP contribution in [0.3, 0.4) is 0 Å². The van der Waals surface area contributed by atoms with E-state index in [4.69, 9.17) is 9.57 Å².